The van der Waals surface area contributed by atoms with Gasteiger partial charge in [0.2, 0.25) is 0 Å². The molecule has 0 radical (unpaired) electrons. The molecule has 20 heavy (non-hydrogen) atoms. The highest BCUT2D eigenvalue weighted by atomic mass is 19.3. The quantitative estimate of drug-likeness (QED) is 0.917. The van der Waals surface area contributed by atoms with Crippen molar-refractivity contribution in [3.8, 4) is 5.75 Å². The third kappa shape index (κ3) is 3.92. The number of alkyl halides is 2. The Morgan fingerprint density at radius 3 is 2.80 bits per heavy atom. The molecule has 1 aromatic carbocycles. The first-order valence-corrected chi connectivity index (χ1v) is 6.71. The highest BCUT2D eigenvalue weighted by Crippen LogP contribution is 2.37. The van der Waals surface area contributed by atoms with E-state index < -0.39 is 6.61 Å². The Morgan fingerprint density at radius 1 is 1.45 bits per heavy atom. The molecule has 0 aromatic heterocycles. The Kier molecular flexibility index (Phi) is 4.26. The second kappa shape index (κ2) is 5.77. The van der Waals surface area contributed by atoms with Crippen LogP contribution < -0.4 is 10.1 Å². The maximum Gasteiger partial charge on any atom is 0.387 e. The summed E-state index contributed by atoms with van der Waals surface area (Å²) in [6.07, 6.45) is 2.96. The second-order valence-electron chi connectivity index (χ2n) is 5.98. The average molecular weight is 283 g/mol. The normalized spacial score (nSPS) is 20.9. The molecule has 1 aromatic rings. The number of hydrogen-bond acceptors (Lipinski definition) is 2. The molecular formula is C15H19F2NO2. The van der Waals surface area contributed by atoms with Crippen molar-refractivity contribution >= 4 is 5.91 Å². The van der Waals surface area contributed by atoms with Gasteiger partial charge in [0.1, 0.15) is 5.75 Å². The zero-order valence-electron chi connectivity index (χ0n) is 11.7. The molecule has 5 heteroatoms. The van der Waals surface area contributed by atoms with Gasteiger partial charge in [0, 0.05) is 11.6 Å². The van der Waals surface area contributed by atoms with Gasteiger partial charge in [-0.1, -0.05) is 19.9 Å². The van der Waals surface area contributed by atoms with Crippen LogP contribution in [0, 0.1) is 5.41 Å². The lowest BCUT2D eigenvalue weighted by atomic mass is 9.92. The first kappa shape index (κ1) is 14.8. The first-order valence-electron chi connectivity index (χ1n) is 6.71. The fourth-order valence-electron chi connectivity index (χ4n) is 2.64. The molecular weight excluding hydrogens is 264 g/mol. The summed E-state index contributed by atoms with van der Waals surface area (Å²) in [5.74, 6) is -0.244. The number of amides is 1. The standard InChI is InChI=1S/C15H19F2NO2/c1-15(2)7-6-11(9-15)18-13(19)10-4-3-5-12(8-10)20-14(16)17/h3-5,8,11,14H,6-7,9H2,1-2H3,(H,18,19). The van der Waals surface area contributed by atoms with E-state index in [2.05, 4.69) is 23.9 Å². The highest BCUT2D eigenvalue weighted by molar-refractivity contribution is 5.94. The third-order valence-corrected chi connectivity index (χ3v) is 3.63. The number of ether oxygens (including phenoxy) is 1. The molecule has 1 aliphatic rings. The number of carbonyl (C=O) groups excluding carboxylic acids is 1. The SMILES string of the molecule is CC1(C)CCC(NC(=O)c2cccc(OC(F)F)c2)C1. The average Bonchev–Trinajstić information content (AvgIpc) is 2.68. The van der Waals surface area contributed by atoms with E-state index in [1.165, 1.54) is 18.2 Å². The Morgan fingerprint density at radius 2 is 2.20 bits per heavy atom. The first-order chi connectivity index (χ1) is 9.35. The van der Waals surface area contributed by atoms with Crippen molar-refractivity contribution in [2.45, 2.75) is 45.8 Å². The van der Waals surface area contributed by atoms with Crippen molar-refractivity contribution in [3.05, 3.63) is 29.8 Å². The molecule has 1 N–H and O–H groups in total. The Hall–Kier alpha value is -1.65. The van der Waals surface area contributed by atoms with Crippen LogP contribution in [-0.4, -0.2) is 18.6 Å². The van der Waals surface area contributed by atoms with Gasteiger partial charge in [0.05, 0.1) is 0 Å². The summed E-state index contributed by atoms with van der Waals surface area (Å²) in [6.45, 7) is 1.47. The number of nitrogens with one attached hydrogen (secondary N) is 1. The molecule has 0 saturated heterocycles. The zero-order chi connectivity index (χ0) is 14.8. The molecule has 0 spiro atoms. The van der Waals surface area contributed by atoms with Gasteiger partial charge < -0.3 is 10.1 Å². The largest absolute Gasteiger partial charge is 0.435 e. The number of halogens is 2. The molecule has 3 nitrogen and oxygen atoms in total. The lowest BCUT2D eigenvalue weighted by molar-refractivity contribution is -0.0498. The lowest BCUT2D eigenvalue weighted by Gasteiger charge is -2.18. The van der Waals surface area contributed by atoms with Crippen LogP contribution in [0.4, 0.5) is 8.78 Å². The zero-order valence-corrected chi connectivity index (χ0v) is 11.7. The van der Waals surface area contributed by atoms with Gasteiger partial charge in [-0.25, -0.2) is 0 Å². The smallest absolute Gasteiger partial charge is 0.387 e. The predicted molar refractivity (Wildman–Crippen MR) is 72.0 cm³/mol. The van der Waals surface area contributed by atoms with Gasteiger partial charge in [-0.05, 0) is 42.9 Å². The van der Waals surface area contributed by atoms with Gasteiger partial charge in [0.15, 0.2) is 0 Å². The van der Waals surface area contributed by atoms with Crippen molar-refractivity contribution in [1.29, 1.82) is 0 Å². The van der Waals surface area contributed by atoms with Crippen LogP contribution in [0.1, 0.15) is 43.5 Å². The molecule has 0 bridgehead atoms. The summed E-state index contributed by atoms with van der Waals surface area (Å²) in [5.41, 5.74) is 0.589. The van der Waals surface area contributed by atoms with Crippen LogP contribution in [0.25, 0.3) is 0 Å². The predicted octanol–water partition coefficient (Wildman–Crippen LogP) is 3.60. The van der Waals surface area contributed by atoms with Gasteiger partial charge in [-0.2, -0.15) is 8.78 Å². The van der Waals surface area contributed by atoms with E-state index in [9.17, 15) is 13.6 Å². The molecule has 0 heterocycles. The Balaban J connectivity index is 1.99. The molecule has 1 aliphatic carbocycles. The minimum atomic E-state index is -2.89. The lowest BCUT2D eigenvalue weighted by Crippen LogP contribution is -2.33. The Labute approximate surface area is 117 Å². The van der Waals surface area contributed by atoms with Crippen molar-refractivity contribution in [2.24, 2.45) is 5.41 Å². The van der Waals surface area contributed by atoms with Crippen LogP contribution in [0.5, 0.6) is 5.75 Å². The Bertz CT molecular complexity index is 489. The molecule has 1 fully saturated rings. The molecule has 1 amide bonds. The highest BCUT2D eigenvalue weighted by Gasteiger charge is 2.31. The topological polar surface area (TPSA) is 38.3 Å². The van der Waals surface area contributed by atoms with Crippen molar-refractivity contribution < 1.29 is 18.3 Å². The van der Waals surface area contributed by atoms with Gasteiger partial charge in [-0.15, -0.1) is 0 Å². The summed E-state index contributed by atoms with van der Waals surface area (Å²) >= 11 is 0. The molecule has 1 unspecified atom stereocenters. The van der Waals surface area contributed by atoms with Crippen molar-refractivity contribution in [2.75, 3.05) is 0 Å². The summed E-state index contributed by atoms with van der Waals surface area (Å²) < 4.78 is 28.6. The van der Waals surface area contributed by atoms with Crippen LogP contribution >= 0.6 is 0 Å². The minimum Gasteiger partial charge on any atom is -0.435 e. The minimum absolute atomic E-state index is 0.000554. The summed E-state index contributed by atoms with van der Waals surface area (Å²) in [6, 6.07) is 6.01. The molecule has 0 aliphatic heterocycles. The van der Waals surface area contributed by atoms with Crippen LogP contribution in [0.3, 0.4) is 0 Å². The van der Waals surface area contributed by atoms with E-state index in [-0.39, 0.29) is 23.1 Å². The van der Waals surface area contributed by atoms with E-state index in [1.807, 2.05) is 0 Å². The van der Waals surface area contributed by atoms with Crippen LogP contribution in [-0.2, 0) is 0 Å². The van der Waals surface area contributed by atoms with Crippen LogP contribution in [0.2, 0.25) is 0 Å². The fourth-order valence-corrected chi connectivity index (χ4v) is 2.64. The van der Waals surface area contributed by atoms with E-state index in [0.717, 1.165) is 19.3 Å². The molecule has 2 rings (SSSR count). The monoisotopic (exact) mass is 283 g/mol. The van der Waals surface area contributed by atoms with E-state index in [1.54, 1.807) is 6.07 Å². The van der Waals surface area contributed by atoms with Crippen molar-refractivity contribution in [1.82, 2.24) is 5.32 Å². The molecule has 1 atom stereocenters. The van der Waals surface area contributed by atoms with E-state index in [4.69, 9.17) is 0 Å². The summed E-state index contributed by atoms with van der Waals surface area (Å²) in [7, 11) is 0. The van der Waals surface area contributed by atoms with Gasteiger partial charge >= 0.3 is 6.61 Å². The van der Waals surface area contributed by atoms with E-state index >= 15 is 0 Å². The third-order valence-electron chi connectivity index (χ3n) is 3.63. The second-order valence-corrected chi connectivity index (χ2v) is 5.98. The summed E-state index contributed by atoms with van der Waals surface area (Å²) in [5, 5.41) is 2.95. The number of rotatable bonds is 4. The van der Waals surface area contributed by atoms with Gasteiger partial charge in [-0.3, -0.25) is 4.79 Å². The summed E-state index contributed by atoms with van der Waals surface area (Å²) in [4.78, 5) is 12.1. The van der Waals surface area contributed by atoms with E-state index in [0.29, 0.717) is 5.56 Å². The van der Waals surface area contributed by atoms with Gasteiger partial charge in [0.25, 0.3) is 5.91 Å². The number of carbonyl (C=O) groups is 1. The van der Waals surface area contributed by atoms with Crippen molar-refractivity contribution in [3.63, 3.8) is 0 Å². The maximum absolute atomic E-state index is 12.1. The molecule has 110 valence electrons. The maximum atomic E-state index is 12.1. The fraction of sp³-hybridized carbons (Fsp3) is 0.533. The number of benzene rings is 1. The number of hydrogen-bond donors (Lipinski definition) is 1. The molecule has 1 saturated carbocycles. The van der Waals surface area contributed by atoms with Crippen LogP contribution in [0.15, 0.2) is 24.3 Å².